The van der Waals surface area contributed by atoms with Crippen molar-refractivity contribution in [1.29, 1.82) is 0 Å². The maximum atomic E-state index is 3.58. The minimum Gasteiger partial charge on any atom is -0.221 e. The fourth-order valence-corrected chi connectivity index (χ4v) is 2.72. The molecule has 66 valence electrons. The lowest BCUT2D eigenvalue weighted by molar-refractivity contribution is 0.179. The molecule has 0 N–H and O–H groups in total. The minimum atomic E-state index is 0.0451. The molecule has 1 aliphatic rings. The van der Waals surface area contributed by atoms with Crippen molar-refractivity contribution in [2.75, 3.05) is 6.54 Å². The molecule has 1 rings (SSSR count). The summed E-state index contributed by atoms with van der Waals surface area (Å²) in [6.45, 7) is 9.79. The number of rotatable bonds is 0. The average Bonchev–Trinajstić information content (AvgIpc) is 1.94. The zero-order valence-electron chi connectivity index (χ0n) is 7.36. The van der Waals surface area contributed by atoms with E-state index >= 15 is 0 Å². The molecule has 0 atom stereocenters. The number of nitrogens with zero attached hydrogens (tertiary/aromatic N) is 2. The van der Waals surface area contributed by atoms with Crippen molar-refractivity contribution in [3.05, 3.63) is 0 Å². The van der Waals surface area contributed by atoms with Crippen LogP contribution < -0.4 is 0 Å². The highest BCUT2D eigenvalue weighted by Gasteiger charge is 2.48. The molecule has 0 spiro atoms. The van der Waals surface area contributed by atoms with E-state index in [1.54, 1.807) is 0 Å². The Morgan fingerprint density at radius 3 is 1.64 bits per heavy atom. The average molecular weight is 286 g/mol. The van der Waals surface area contributed by atoms with Gasteiger partial charge < -0.3 is 0 Å². The second kappa shape index (κ2) is 2.69. The summed E-state index contributed by atoms with van der Waals surface area (Å²) in [6.07, 6.45) is 0. The van der Waals surface area contributed by atoms with Crippen LogP contribution >= 0.6 is 32.3 Å². The first-order valence-electron chi connectivity index (χ1n) is 3.68. The summed E-state index contributed by atoms with van der Waals surface area (Å²) in [5.41, 5.74) is 0.233. The van der Waals surface area contributed by atoms with Gasteiger partial charge >= 0.3 is 0 Å². The monoisotopic (exact) mass is 284 g/mol. The van der Waals surface area contributed by atoms with Gasteiger partial charge in [0.1, 0.15) is 0 Å². The van der Waals surface area contributed by atoms with E-state index in [1.165, 1.54) is 0 Å². The van der Waals surface area contributed by atoms with Gasteiger partial charge in [0.05, 0.1) is 5.66 Å². The Hall–Kier alpha value is 0.880. The van der Waals surface area contributed by atoms with Gasteiger partial charge in [0.25, 0.3) is 0 Å². The molecule has 0 aromatic heterocycles. The third-order valence-electron chi connectivity index (χ3n) is 2.13. The summed E-state index contributed by atoms with van der Waals surface area (Å²) in [5.74, 6) is 0. The maximum Gasteiger partial charge on any atom is 0.0885 e. The maximum absolute atomic E-state index is 3.58. The summed E-state index contributed by atoms with van der Waals surface area (Å²) >= 11 is 7.12. The molecule has 0 saturated carbocycles. The third kappa shape index (κ3) is 1.50. The molecule has 0 amide bonds. The molecule has 1 fully saturated rings. The largest absolute Gasteiger partial charge is 0.221 e. The lowest BCUT2D eigenvalue weighted by Gasteiger charge is -2.34. The number of hydrogen-bond donors (Lipinski definition) is 0. The smallest absolute Gasteiger partial charge is 0.0885 e. The summed E-state index contributed by atoms with van der Waals surface area (Å²) in [6, 6.07) is 0. The van der Waals surface area contributed by atoms with Crippen molar-refractivity contribution in [2.45, 2.75) is 38.9 Å². The number of halogens is 2. The summed E-state index contributed by atoms with van der Waals surface area (Å²) in [7, 11) is 0. The van der Waals surface area contributed by atoms with Crippen LogP contribution in [0.2, 0.25) is 0 Å². The van der Waals surface area contributed by atoms with Crippen LogP contribution in [0.1, 0.15) is 27.7 Å². The van der Waals surface area contributed by atoms with E-state index in [-0.39, 0.29) is 11.2 Å². The summed E-state index contributed by atoms with van der Waals surface area (Å²) in [5, 5.41) is 0. The van der Waals surface area contributed by atoms with E-state index in [4.69, 9.17) is 0 Å². The van der Waals surface area contributed by atoms with Crippen LogP contribution in [0.25, 0.3) is 0 Å². The Kier molecular flexibility index (Phi) is 2.43. The molecule has 0 bridgehead atoms. The highest BCUT2D eigenvalue weighted by atomic mass is 79.9. The molecule has 0 aromatic carbocycles. The van der Waals surface area contributed by atoms with Gasteiger partial charge in [-0.05, 0) is 27.7 Å². The quantitative estimate of drug-likeness (QED) is 0.632. The third-order valence-corrected chi connectivity index (χ3v) is 5.08. The molecule has 1 heterocycles. The predicted octanol–water partition coefficient (Wildman–Crippen LogP) is 2.74. The molecular weight excluding hydrogens is 272 g/mol. The van der Waals surface area contributed by atoms with Crippen molar-refractivity contribution in [2.24, 2.45) is 0 Å². The topological polar surface area (TPSA) is 6.48 Å². The molecule has 2 nitrogen and oxygen atoms in total. The molecule has 1 saturated heterocycles. The second-order valence-electron chi connectivity index (χ2n) is 4.11. The van der Waals surface area contributed by atoms with Crippen LogP contribution in [0.3, 0.4) is 0 Å². The molecule has 0 radical (unpaired) electrons. The van der Waals surface area contributed by atoms with E-state index in [0.717, 1.165) is 6.54 Å². The Bertz CT molecular complexity index is 168. The first kappa shape index (κ1) is 9.96. The van der Waals surface area contributed by atoms with Crippen molar-refractivity contribution in [3.63, 3.8) is 0 Å². The lowest BCUT2D eigenvalue weighted by atomic mass is 10.1. The molecule has 4 heteroatoms. The fraction of sp³-hybridized carbons (Fsp3) is 1.00. The van der Waals surface area contributed by atoms with Gasteiger partial charge in [-0.15, -0.1) is 0 Å². The molecule has 1 aliphatic heterocycles. The van der Waals surface area contributed by atoms with Gasteiger partial charge in [0.15, 0.2) is 0 Å². The van der Waals surface area contributed by atoms with Crippen LogP contribution in [0.15, 0.2) is 0 Å². The Labute approximate surface area is 85.6 Å². The van der Waals surface area contributed by atoms with Gasteiger partial charge in [-0.2, -0.15) is 0 Å². The van der Waals surface area contributed by atoms with Crippen molar-refractivity contribution in [1.82, 2.24) is 7.85 Å². The van der Waals surface area contributed by atoms with Gasteiger partial charge in [-0.1, -0.05) is 0 Å². The van der Waals surface area contributed by atoms with Gasteiger partial charge in [-0.3, -0.25) is 0 Å². The van der Waals surface area contributed by atoms with Gasteiger partial charge in [0.2, 0.25) is 0 Å². The minimum absolute atomic E-state index is 0.0451. The predicted molar refractivity (Wildman–Crippen MR) is 54.6 cm³/mol. The first-order chi connectivity index (χ1) is 4.78. The zero-order chi connectivity index (χ0) is 8.86. The molecular formula is C7H14Br2N2. The Morgan fingerprint density at radius 1 is 1.09 bits per heavy atom. The Balaban J connectivity index is 2.89. The summed E-state index contributed by atoms with van der Waals surface area (Å²) < 4.78 is 4.36. The summed E-state index contributed by atoms with van der Waals surface area (Å²) in [4.78, 5) is 0. The van der Waals surface area contributed by atoms with Crippen LogP contribution in [0, 0.1) is 0 Å². The van der Waals surface area contributed by atoms with Crippen LogP contribution in [-0.2, 0) is 0 Å². The molecule has 0 aliphatic carbocycles. The highest BCUT2D eigenvalue weighted by Crippen LogP contribution is 2.41. The molecule has 11 heavy (non-hydrogen) atoms. The lowest BCUT2D eigenvalue weighted by Crippen LogP contribution is -2.43. The SMILES string of the molecule is CC1(C)CN(Br)C(C)(C)N1Br. The Morgan fingerprint density at radius 2 is 1.55 bits per heavy atom. The van der Waals surface area contributed by atoms with E-state index in [1.807, 2.05) is 0 Å². The van der Waals surface area contributed by atoms with Gasteiger partial charge in [0, 0.05) is 44.4 Å². The van der Waals surface area contributed by atoms with E-state index in [2.05, 4.69) is 67.8 Å². The van der Waals surface area contributed by atoms with Crippen LogP contribution in [0.5, 0.6) is 0 Å². The van der Waals surface area contributed by atoms with E-state index in [0.29, 0.717) is 0 Å². The number of hydrogen-bond acceptors (Lipinski definition) is 2. The van der Waals surface area contributed by atoms with Crippen LogP contribution in [0.4, 0.5) is 0 Å². The molecule has 0 unspecified atom stereocenters. The van der Waals surface area contributed by atoms with Gasteiger partial charge in [-0.25, -0.2) is 7.85 Å². The van der Waals surface area contributed by atoms with Crippen molar-refractivity contribution < 1.29 is 0 Å². The van der Waals surface area contributed by atoms with Crippen LogP contribution in [-0.4, -0.2) is 25.6 Å². The fourth-order valence-electron chi connectivity index (χ4n) is 1.43. The standard InChI is InChI=1S/C7H14Br2N2/c1-6(2)5-10(8)7(3,4)11(6)9/h5H2,1-4H3. The normalized spacial score (nSPS) is 31.1. The highest BCUT2D eigenvalue weighted by molar-refractivity contribution is 9.08. The molecule has 0 aromatic rings. The zero-order valence-corrected chi connectivity index (χ0v) is 10.5. The first-order valence-corrected chi connectivity index (χ1v) is 5.10. The van der Waals surface area contributed by atoms with E-state index < -0.39 is 0 Å². The van der Waals surface area contributed by atoms with E-state index in [9.17, 15) is 0 Å². The van der Waals surface area contributed by atoms with Crippen molar-refractivity contribution in [3.8, 4) is 0 Å². The van der Waals surface area contributed by atoms with Crippen molar-refractivity contribution >= 4 is 32.3 Å². The second-order valence-corrected chi connectivity index (χ2v) is 5.67.